The maximum atomic E-state index is 15.1. The van der Waals surface area contributed by atoms with Crippen LogP contribution in [0.3, 0.4) is 0 Å². The van der Waals surface area contributed by atoms with Gasteiger partial charge in [0.05, 0.1) is 28.4 Å². The number of anilines is 1. The van der Waals surface area contributed by atoms with Crippen LogP contribution in [-0.2, 0) is 22.2 Å². The Hall–Kier alpha value is -2.99. The lowest BCUT2D eigenvalue weighted by Gasteiger charge is -2.50. The number of carboxylic acid groups (broad SMARTS) is 1. The number of amidine groups is 1. The van der Waals surface area contributed by atoms with Gasteiger partial charge in [-0.25, -0.2) is 18.6 Å². The van der Waals surface area contributed by atoms with Crippen molar-refractivity contribution in [3.8, 4) is 0 Å². The number of nitrogens with zero attached hydrogens (tertiary/aromatic N) is 3. The smallest absolute Gasteiger partial charge is 0.410 e. The number of aromatic nitrogens is 2. The zero-order chi connectivity index (χ0) is 24.0. The number of hydrogen-bond acceptors (Lipinski definition) is 6. The van der Waals surface area contributed by atoms with E-state index >= 15 is 4.39 Å². The molecule has 2 aliphatic rings. The molecule has 1 amide bonds. The van der Waals surface area contributed by atoms with Gasteiger partial charge in [-0.3, -0.25) is 24.2 Å². The van der Waals surface area contributed by atoms with E-state index in [0.29, 0.717) is 24.5 Å². The molecular weight excluding hydrogens is 454 g/mol. The van der Waals surface area contributed by atoms with Crippen molar-refractivity contribution in [2.24, 2.45) is 4.99 Å². The van der Waals surface area contributed by atoms with Gasteiger partial charge in [-0.05, 0) is 61.6 Å². The Labute approximate surface area is 190 Å². The number of hydrogen-bond donors (Lipinski definition) is 5. The minimum atomic E-state index is -3.26. The summed E-state index contributed by atoms with van der Waals surface area (Å²) in [6.07, 6.45) is 0.227. The van der Waals surface area contributed by atoms with Crippen LogP contribution in [0.5, 0.6) is 0 Å². The molecule has 0 bridgehead atoms. The molecule has 1 saturated heterocycles. The van der Waals surface area contributed by atoms with Crippen LogP contribution in [0.25, 0.3) is 0 Å². The lowest BCUT2D eigenvalue weighted by atomic mass is 9.89. The third kappa shape index (κ3) is 3.86. The molecule has 0 aliphatic carbocycles. The van der Waals surface area contributed by atoms with Gasteiger partial charge in [0.15, 0.2) is 0 Å². The highest BCUT2D eigenvalue weighted by atomic mass is 32.3. The average molecular weight is 481 g/mol. The number of fused-ring (bicyclic) bond motifs is 1. The van der Waals surface area contributed by atoms with Crippen molar-refractivity contribution < 1.29 is 22.9 Å². The zero-order valence-corrected chi connectivity index (χ0v) is 19.3. The lowest BCUT2D eigenvalue weighted by Crippen LogP contribution is -2.66. The fraction of sp³-hybridized carbons (Fsp3) is 0.429. The largest absolute Gasteiger partial charge is 0.465 e. The predicted molar refractivity (Wildman–Crippen MR) is 122 cm³/mol. The van der Waals surface area contributed by atoms with E-state index in [0.717, 1.165) is 6.20 Å². The second kappa shape index (κ2) is 8.10. The first kappa shape index (κ1) is 23.2. The Bertz CT molecular complexity index is 1170. The molecule has 33 heavy (non-hydrogen) atoms. The minimum Gasteiger partial charge on any atom is -0.465 e. The molecule has 1 fully saturated rings. The molecule has 2 aromatic rings. The van der Waals surface area contributed by atoms with Crippen LogP contribution in [-0.4, -0.2) is 47.8 Å². The van der Waals surface area contributed by atoms with Gasteiger partial charge in [-0.1, -0.05) is 0 Å². The minimum absolute atomic E-state index is 0.00144. The third-order valence-corrected chi connectivity index (χ3v) is 10.6. The van der Waals surface area contributed by atoms with Crippen molar-refractivity contribution in [3.63, 3.8) is 0 Å². The highest BCUT2D eigenvalue weighted by Gasteiger charge is 2.59. The average Bonchev–Trinajstić information content (AvgIpc) is 3.17. The van der Waals surface area contributed by atoms with Crippen molar-refractivity contribution in [1.29, 1.82) is 0 Å². The Morgan fingerprint density at radius 3 is 2.70 bits per heavy atom. The SMILES string of the molecule is CC1(C)C(NC(=O)O)=N[C@](C)(c2nc(NCc3ccc(F)cn3)ccc2F)[C@H]2CCN[SH]21=O. The normalized spacial score (nSPS) is 26.1. The molecule has 4 rings (SSSR count). The van der Waals surface area contributed by atoms with E-state index in [1.807, 2.05) is 0 Å². The number of aliphatic imine (C=N–C) groups is 1. The summed E-state index contributed by atoms with van der Waals surface area (Å²) in [7, 11) is -3.26. The molecule has 9 nitrogen and oxygen atoms in total. The summed E-state index contributed by atoms with van der Waals surface area (Å²) in [6.45, 7) is 5.63. The van der Waals surface area contributed by atoms with Gasteiger partial charge in [-0.15, -0.1) is 0 Å². The number of nitrogens with one attached hydrogen (secondary N) is 3. The molecule has 2 aliphatic heterocycles. The van der Waals surface area contributed by atoms with Crippen LogP contribution in [0.15, 0.2) is 35.5 Å². The van der Waals surface area contributed by atoms with E-state index in [1.54, 1.807) is 20.8 Å². The zero-order valence-electron chi connectivity index (χ0n) is 18.4. The highest BCUT2D eigenvalue weighted by molar-refractivity contribution is 8.04. The van der Waals surface area contributed by atoms with Gasteiger partial charge in [0.25, 0.3) is 0 Å². The van der Waals surface area contributed by atoms with Gasteiger partial charge in [-0.2, -0.15) is 0 Å². The quantitative estimate of drug-likeness (QED) is 0.428. The van der Waals surface area contributed by atoms with Gasteiger partial charge in [0.2, 0.25) is 0 Å². The van der Waals surface area contributed by atoms with E-state index in [-0.39, 0.29) is 18.1 Å². The topological polar surface area (TPSA) is 129 Å². The highest BCUT2D eigenvalue weighted by Crippen LogP contribution is 2.48. The van der Waals surface area contributed by atoms with E-state index in [2.05, 4.69) is 30.3 Å². The summed E-state index contributed by atoms with van der Waals surface area (Å²) in [6, 6.07) is 5.49. The van der Waals surface area contributed by atoms with Crippen LogP contribution >= 0.6 is 0 Å². The fourth-order valence-electron chi connectivity index (χ4n) is 4.56. The van der Waals surface area contributed by atoms with Crippen LogP contribution in [0.4, 0.5) is 19.4 Å². The van der Waals surface area contributed by atoms with Crippen molar-refractivity contribution in [2.45, 2.75) is 49.3 Å². The Morgan fingerprint density at radius 1 is 1.27 bits per heavy atom. The molecule has 4 N–H and O–H groups in total. The van der Waals surface area contributed by atoms with Crippen LogP contribution < -0.4 is 15.4 Å². The Morgan fingerprint density at radius 2 is 2.03 bits per heavy atom. The molecule has 2 aromatic heterocycles. The maximum Gasteiger partial charge on any atom is 0.410 e. The number of halogens is 2. The fourth-order valence-corrected chi connectivity index (χ4v) is 8.22. The summed E-state index contributed by atoms with van der Waals surface area (Å²) < 4.78 is 44.3. The van der Waals surface area contributed by atoms with Crippen LogP contribution in [0.1, 0.15) is 38.6 Å². The molecular formula is C21H26F2N6O3S. The Kier molecular flexibility index (Phi) is 5.69. The van der Waals surface area contributed by atoms with E-state index < -0.39 is 43.4 Å². The van der Waals surface area contributed by atoms with Gasteiger partial charge < -0.3 is 10.4 Å². The monoisotopic (exact) mass is 480 g/mol. The first-order valence-electron chi connectivity index (χ1n) is 10.4. The molecule has 2 atom stereocenters. The second-order valence-corrected chi connectivity index (χ2v) is 12.2. The summed E-state index contributed by atoms with van der Waals surface area (Å²) in [4.78, 5) is 24.5. The van der Waals surface area contributed by atoms with Crippen molar-refractivity contribution in [1.82, 2.24) is 20.0 Å². The summed E-state index contributed by atoms with van der Waals surface area (Å²) >= 11 is 0. The summed E-state index contributed by atoms with van der Waals surface area (Å²) in [5.41, 5.74) is -0.846. The molecule has 12 heteroatoms. The number of thiol groups is 1. The number of pyridine rings is 2. The second-order valence-electron chi connectivity index (χ2n) is 8.82. The molecule has 0 aromatic carbocycles. The third-order valence-electron chi connectivity index (χ3n) is 6.40. The molecule has 178 valence electrons. The molecule has 0 saturated carbocycles. The lowest BCUT2D eigenvalue weighted by molar-refractivity contribution is 0.199. The van der Waals surface area contributed by atoms with Crippen molar-refractivity contribution in [2.75, 3.05) is 11.9 Å². The Balaban J connectivity index is 1.75. The molecule has 0 radical (unpaired) electrons. The predicted octanol–water partition coefficient (Wildman–Crippen LogP) is 2.33. The number of carbonyl (C=O) groups is 1. The maximum absolute atomic E-state index is 15.1. The van der Waals surface area contributed by atoms with Gasteiger partial charge in [0.1, 0.15) is 34.5 Å². The molecule has 4 heterocycles. The van der Waals surface area contributed by atoms with Crippen molar-refractivity contribution >= 4 is 27.9 Å². The molecule has 0 unspecified atom stereocenters. The van der Waals surface area contributed by atoms with Gasteiger partial charge >= 0.3 is 6.09 Å². The van der Waals surface area contributed by atoms with Crippen molar-refractivity contribution in [3.05, 3.63) is 53.5 Å². The van der Waals surface area contributed by atoms with E-state index in [4.69, 9.17) is 0 Å². The van der Waals surface area contributed by atoms with Gasteiger partial charge in [0, 0.05) is 6.54 Å². The standard InChI is InChI=1S/C21H26F2N6O3S/c1-20(2)18(28-19(30)31)29-21(3,15-8-9-26-33(15,20)32)17-14(23)6-7-16(27-17)25-11-13-5-4-12(22)10-24-13/h4-7,10,15,33H,8-9,11H2,1-3H3,(H,25,27)(H,26,32)(H,28,29)(H,30,31)/t15-,21+/m1/s1. The van der Waals surface area contributed by atoms with E-state index in [9.17, 15) is 18.5 Å². The number of amides is 1. The summed E-state index contributed by atoms with van der Waals surface area (Å²) in [5, 5.41) is 14.0. The number of rotatable bonds is 4. The molecule has 0 spiro atoms. The first-order valence-corrected chi connectivity index (χ1v) is 12.2. The van der Waals surface area contributed by atoms with Crippen LogP contribution in [0.2, 0.25) is 0 Å². The summed E-state index contributed by atoms with van der Waals surface area (Å²) in [5.74, 6) is -0.763. The first-order chi connectivity index (χ1) is 15.5. The van der Waals surface area contributed by atoms with Crippen LogP contribution in [0, 0.1) is 11.6 Å². The van der Waals surface area contributed by atoms with E-state index in [1.165, 1.54) is 24.3 Å².